The van der Waals surface area contributed by atoms with Gasteiger partial charge in [-0.25, -0.2) is 0 Å². The first kappa shape index (κ1) is 18.6. The van der Waals surface area contributed by atoms with Crippen molar-refractivity contribution in [2.45, 2.75) is 6.42 Å². The van der Waals surface area contributed by atoms with Gasteiger partial charge in [0, 0.05) is 27.8 Å². The Hall–Kier alpha value is -0.433. The van der Waals surface area contributed by atoms with Crippen LogP contribution in [-0.4, -0.2) is 55.1 Å². The maximum absolute atomic E-state index is 5.56. The largest absolute Gasteiger partial charge is 1.00 e. The van der Waals surface area contributed by atoms with Crippen molar-refractivity contribution < 1.29 is 29.8 Å². The van der Waals surface area contributed by atoms with E-state index in [0.717, 1.165) is 13.0 Å². The van der Waals surface area contributed by atoms with Gasteiger partial charge in [0.15, 0.2) is 0 Å². The SMILES string of the molecule is CO[Si](OC)(OC)[N+](C)(C)CCc1ccccc1.[Cl-]. The first-order valence-electron chi connectivity index (χ1n) is 6.04. The normalized spacial score (nSPS) is 12.1. The van der Waals surface area contributed by atoms with Crippen LogP contribution in [0.5, 0.6) is 0 Å². The first-order valence-corrected chi connectivity index (χ1v) is 7.71. The summed E-state index contributed by atoms with van der Waals surface area (Å²) in [4.78, 5) is 0. The zero-order valence-corrected chi connectivity index (χ0v) is 14.1. The van der Waals surface area contributed by atoms with Gasteiger partial charge in [0.25, 0.3) is 0 Å². The molecular weight excluding hydrogens is 282 g/mol. The van der Waals surface area contributed by atoms with Crippen molar-refractivity contribution in [1.82, 2.24) is 0 Å². The fourth-order valence-electron chi connectivity index (χ4n) is 2.18. The summed E-state index contributed by atoms with van der Waals surface area (Å²) in [6, 6.07) is 10.4. The van der Waals surface area contributed by atoms with Crippen LogP contribution in [0.15, 0.2) is 30.3 Å². The zero-order chi connectivity index (χ0) is 13.6. The second-order valence-corrected chi connectivity index (χ2v) is 8.26. The molecule has 6 heteroatoms. The highest BCUT2D eigenvalue weighted by Crippen LogP contribution is 2.19. The topological polar surface area (TPSA) is 27.7 Å². The number of likely N-dealkylation sites (N-methyl/N-ethyl adjacent to an activating group) is 1. The number of halogens is 1. The summed E-state index contributed by atoms with van der Waals surface area (Å²) in [7, 11) is 6.48. The van der Waals surface area contributed by atoms with E-state index in [1.165, 1.54) is 5.56 Å². The summed E-state index contributed by atoms with van der Waals surface area (Å²) in [5, 5.41) is 0. The molecule has 0 saturated carbocycles. The number of benzene rings is 1. The van der Waals surface area contributed by atoms with Crippen LogP contribution in [0.1, 0.15) is 5.56 Å². The molecule has 1 aromatic carbocycles. The molecule has 0 atom stereocenters. The molecule has 1 rings (SSSR count). The van der Waals surface area contributed by atoms with Crippen LogP contribution in [0.2, 0.25) is 0 Å². The van der Waals surface area contributed by atoms with Crippen LogP contribution in [0.25, 0.3) is 0 Å². The molecule has 0 fully saturated rings. The van der Waals surface area contributed by atoms with Gasteiger partial charge in [0.2, 0.25) is 0 Å². The van der Waals surface area contributed by atoms with E-state index in [4.69, 9.17) is 13.3 Å². The molecule has 0 unspecified atom stereocenters. The second kappa shape index (κ2) is 7.99. The lowest BCUT2D eigenvalue weighted by atomic mass is 10.1. The van der Waals surface area contributed by atoms with E-state index < -0.39 is 8.97 Å². The quantitative estimate of drug-likeness (QED) is 0.585. The maximum Gasteiger partial charge on any atom is 0.783 e. The van der Waals surface area contributed by atoms with Crippen molar-refractivity contribution in [1.29, 1.82) is 0 Å². The number of rotatable bonds is 7. The van der Waals surface area contributed by atoms with Crippen LogP contribution < -0.4 is 12.4 Å². The summed E-state index contributed by atoms with van der Waals surface area (Å²) < 4.78 is 17.3. The molecule has 0 spiro atoms. The smallest absolute Gasteiger partial charge is 0.783 e. The number of nitrogens with zero attached hydrogens (tertiary/aromatic N) is 1. The predicted molar refractivity (Wildman–Crippen MR) is 73.9 cm³/mol. The second-order valence-electron chi connectivity index (χ2n) is 4.78. The Bertz CT molecular complexity index is 350. The molecule has 110 valence electrons. The highest BCUT2D eigenvalue weighted by molar-refractivity contribution is 6.52. The van der Waals surface area contributed by atoms with E-state index >= 15 is 0 Å². The van der Waals surface area contributed by atoms with Crippen molar-refractivity contribution in [3.63, 3.8) is 0 Å². The molecule has 19 heavy (non-hydrogen) atoms. The lowest BCUT2D eigenvalue weighted by Crippen LogP contribution is -3.00. The fourth-order valence-corrected chi connectivity index (χ4v) is 4.55. The monoisotopic (exact) mass is 305 g/mol. The highest BCUT2D eigenvalue weighted by Gasteiger charge is 2.59. The van der Waals surface area contributed by atoms with Crippen LogP contribution in [-0.2, 0) is 19.7 Å². The third kappa shape index (κ3) is 4.27. The fraction of sp³-hybridized carbons (Fsp3) is 0.538. The van der Waals surface area contributed by atoms with Crippen molar-refractivity contribution in [3.05, 3.63) is 35.9 Å². The molecule has 0 bridgehead atoms. The third-order valence-electron chi connectivity index (χ3n) is 3.32. The lowest BCUT2D eigenvalue weighted by Gasteiger charge is -2.39. The van der Waals surface area contributed by atoms with Crippen molar-refractivity contribution in [2.24, 2.45) is 0 Å². The molecule has 4 nitrogen and oxygen atoms in total. The van der Waals surface area contributed by atoms with Gasteiger partial charge in [-0.2, -0.15) is 0 Å². The van der Waals surface area contributed by atoms with Crippen molar-refractivity contribution in [2.75, 3.05) is 42.0 Å². The van der Waals surface area contributed by atoms with Crippen molar-refractivity contribution >= 4 is 8.97 Å². The van der Waals surface area contributed by atoms with E-state index in [1.54, 1.807) is 21.3 Å². The van der Waals surface area contributed by atoms with Gasteiger partial charge in [0.1, 0.15) is 0 Å². The van der Waals surface area contributed by atoms with E-state index in [1.807, 2.05) is 6.07 Å². The Morgan fingerprint density at radius 3 is 1.84 bits per heavy atom. The molecule has 0 aliphatic rings. The summed E-state index contributed by atoms with van der Waals surface area (Å²) in [6.07, 6.45) is 0.971. The lowest BCUT2D eigenvalue weighted by molar-refractivity contribution is -0.818. The van der Waals surface area contributed by atoms with Gasteiger partial charge >= 0.3 is 8.97 Å². The van der Waals surface area contributed by atoms with E-state index in [-0.39, 0.29) is 12.4 Å². The molecule has 1 aromatic rings. The average Bonchev–Trinajstić information content (AvgIpc) is 2.40. The van der Waals surface area contributed by atoms with Gasteiger partial charge in [-0.05, 0) is 5.56 Å². The van der Waals surface area contributed by atoms with E-state index in [9.17, 15) is 0 Å². The van der Waals surface area contributed by atoms with Gasteiger partial charge in [-0.1, -0.05) is 30.3 Å². The molecule has 0 aliphatic carbocycles. The summed E-state index contributed by atoms with van der Waals surface area (Å²) in [6.45, 7) is 0.908. The number of hydrogen-bond acceptors (Lipinski definition) is 3. The minimum absolute atomic E-state index is 0. The molecule has 0 amide bonds. The van der Waals surface area contributed by atoms with E-state index in [0.29, 0.717) is 4.15 Å². The Balaban J connectivity index is 0.00000324. The van der Waals surface area contributed by atoms with E-state index in [2.05, 4.69) is 38.4 Å². The molecule has 0 N–H and O–H groups in total. The summed E-state index contributed by atoms with van der Waals surface area (Å²) >= 11 is 0. The van der Waals surface area contributed by atoms with Gasteiger partial charge in [0.05, 0.1) is 20.6 Å². The van der Waals surface area contributed by atoms with Crippen LogP contribution in [0, 0.1) is 0 Å². The summed E-state index contributed by atoms with van der Waals surface area (Å²) in [5.74, 6) is 0. The minimum Gasteiger partial charge on any atom is -1.00 e. The highest BCUT2D eigenvalue weighted by atomic mass is 35.5. The molecule has 0 saturated heterocycles. The first-order chi connectivity index (χ1) is 8.51. The number of hydrogen-bond donors (Lipinski definition) is 0. The predicted octanol–water partition coefficient (Wildman–Crippen LogP) is -1.32. The van der Waals surface area contributed by atoms with Gasteiger partial charge in [-0.3, -0.25) is 0 Å². The maximum atomic E-state index is 5.56. The van der Waals surface area contributed by atoms with Crippen LogP contribution in [0.3, 0.4) is 0 Å². The van der Waals surface area contributed by atoms with Gasteiger partial charge in [-0.15, -0.1) is 0 Å². The Morgan fingerprint density at radius 1 is 0.947 bits per heavy atom. The Labute approximate surface area is 123 Å². The zero-order valence-electron chi connectivity index (χ0n) is 12.4. The van der Waals surface area contributed by atoms with Crippen LogP contribution >= 0.6 is 0 Å². The van der Waals surface area contributed by atoms with Gasteiger partial charge < -0.3 is 29.8 Å². The minimum atomic E-state index is -2.66. The standard InChI is InChI=1S/C13H24NO3Si.ClH/c1-14(2,18(15-3,16-4)17-5)12-11-13-9-7-6-8-10-13;/h6-10H,11-12H2,1-5H3;1H/q+1;/p-1. The molecular formula is C13H24ClNO3Si. The van der Waals surface area contributed by atoms with Crippen LogP contribution in [0.4, 0.5) is 0 Å². The third-order valence-corrected chi connectivity index (χ3v) is 6.57. The van der Waals surface area contributed by atoms with Crippen molar-refractivity contribution in [3.8, 4) is 0 Å². The summed E-state index contributed by atoms with van der Waals surface area (Å²) in [5.41, 5.74) is 1.31. The Morgan fingerprint density at radius 2 is 1.42 bits per heavy atom. The molecule has 0 heterocycles. The Kier molecular flexibility index (Phi) is 7.81. The molecule has 0 aromatic heterocycles. The number of quaternary nitrogens is 1. The molecule has 0 aliphatic heterocycles. The average molecular weight is 306 g/mol. The molecule has 0 radical (unpaired) electrons.